The van der Waals surface area contributed by atoms with Crippen LogP contribution in [0, 0.1) is 5.92 Å². The van der Waals surface area contributed by atoms with Crippen molar-refractivity contribution in [2.45, 2.75) is 38.8 Å². The predicted octanol–water partition coefficient (Wildman–Crippen LogP) is 0.402. The van der Waals surface area contributed by atoms with E-state index in [1.807, 2.05) is 44.2 Å². The van der Waals surface area contributed by atoms with Gasteiger partial charge in [0.2, 0.25) is 11.8 Å². The Kier molecular flexibility index (Phi) is 7.97. The highest BCUT2D eigenvalue weighted by Crippen LogP contribution is 2.03. The van der Waals surface area contributed by atoms with E-state index in [4.69, 9.17) is 5.73 Å². The second-order valence-corrected chi connectivity index (χ2v) is 5.95. The lowest BCUT2D eigenvalue weighted by Gasteiger charge is -2.16. The van der Waals surface area contributed by atoms with Gasteiger partial charge in [0.25, 0.3) is 0 Å². The summed E-state index contributed by atoms with van der Waals surface area (Å²) in [6.45, 7) is 3.74. The number of carbonyl (C=O) groups excluding carboxylic acids is 3. The minimum atomic E-state index is -0.720. The molecule has 0 radical (unpaired) electrons. The Hall–Kier alpha value is -2.21. The van der Waals surface area contributed by atoms with Crippen molar-refractivity contribution in [3.8, 4) is 0 Å². The van der Waals surface area contributed by atoms with Gasteiger partial charge in [-0.1, -0.05) is 44.2 Å². The Bertz CT molecular complexity index is 517. The average Bonchev–Trinajstić information content (AvgIpc) is 2.52. The van der Waals surface area contributed by atoms with Gasteiger partial charge in [-0.2, -0.15) is 0 Å². The minimum absolute atomic E-state index is 0.191. The maximum Gasteiger partial charge on any atom is 0.239 e. The van der Waals surface area contributed by atoms with Crippen LogP contribution in [0.25, 0.3) is 0 Å². The second-order valence-electron chi connectivity index (χ2n) is 5.95. The first-order chi connectivity index (χ1) is 10.9. The normalized spacial score (nSPS) is 13.2. The molecular weight excluding hydrogens is 294 g/mol. The molecule has 1 rings (SSSR count). The van der Waals surface area contributed by atoms with Crippen LogP contribution in [-0.2, 0) is 20.8 Å². The fourth-order valence-electron chi connectivity index (χ4n) is 2.17. The van der Waals surface area contributed by atoms with Gasteiger partial charge in [-0.15, -0.1) is 0 Å². The van der Waals surface area contributed by atoms with Gasteiger partial charge in [0.1, 0.15) is 6.29 Å². The van der Waals surface area contributed by atoms with Crippen LogP contribution in [0.15, 0.2) is 30.3 Å². The summed E-state index contributed by atoms with van der Waals surface area (Å²) in [4.78, 5) is 34.6. The molecule has 0 aliphatic heterocycles. The average molecular weight is 319 g/mol. The molecule has 0 aromatic heterocycles. The molecule has 0 saturated carbocycles. The molecule has 2 amide bonds. The Balaban J connectivity index is 2.36. The highest BCUT2D eigenvalue weighted by Gasteiger charge is 2.17. The lowest BCUT2D eigenvalue weighted by atomic mass is 10.0. The van der Waals surface area contributed by atoms with E-state index in [1.165, 1.54) is 0 Å². The van der Waals surface area contributed by atoms with Crippen molar-refractivity contribution >= 4 is 18.1 Å². The molecule has 1 aromatic rings. The standard InChI is InChI=1S/C17H25N3O3/c1-12(2)8-14(11-21)20-16(22)10-19-17(23)15(18)9-13-6-4-3-5-7-13/h3-7,11-12,14-15H,8-10,18H2,1-2H3,(H,19,23)(H,20,22)/t14-,15-/m1/s1. The van der Waals surface area contributed by atoms with Crippen LogP contribution in [0.1, 0.15) is 25.8 Å². The van der Waals surface area contributed by atoms with Crippen molar-refractivity contribution < 1.29 is 14.4 Å². The Morgan fingerprint density at radius 1 is 1.22 bits per heavy atom. The third-order valence-electron chi connectivity index (χ3n) is 3.29. The Morgan fingerprint density at radius 3 is 2.43 bits per heavy atom. The second kappa shape index (κ2) is 9.74. The third kappa shape index (κ3) is 7.56. The summed E-state index contributed by atoms with van der Waals surface area (Å²) in [5.74, 6) is -0.502. The van der Waals surface area contributed by atoms with Gasteiger partial charge in [0.15, 0.2) is 0 Å². The van der Waals surface area contributed by atoms with Gasteiger partial charge < -0.3 is 21.2 Å². The summed E-state index contributed by atoms with van der Waals surface area (Å²) in [5.41, 5.74) is 6.78. The van der Waals surface area contributed by atoms with E-state index in [2.05, 4.69) is 10.6 Å². The number of hydrogen-bond donors (Lipinski definition) is 3. The fraction of sp³-hybridized carbons (Fsp3) is 0.471. The van der Waals surface area contributed by atoms with Crippen LogP contribution >= 0.6 is 0 Å². The van der Waals surface area contributed by atoms with Gasteiger partial charge >= 0.3 is 0 Å². The molecule has 0 heterocycles. The molecule has 0 spiro atoms. The van der Waals surface area contributed by atoms with Crippen LogP contribution < -0.4 is 16.4 Å². The highest BCUT2D eigenvalue weighted by molar-refractivity contribution is 5.88. The predicted molar refractivity (Wildman–Crippen MR) is 88.6 cm³/mol. The van der Waals surface area contributed by atoms with Crippen LogP contribution in [0.3, 0.4) is 0 Å². The number of hydrogen-bond acceptors (Lipinski definition) is 4. The third-order valence-corrected chi connectivity index (χ3v) is 3.29. The largest absolute Gasteiger partial charge is 0.346 e. The number of benzene rings is 1. The van der Waals surface area contributed by atoms with Gasteiger partial charge in [-0.3, -0.25) is 9.59 Å². The maximum atomic E-state index is 11.9. The molecule has 0 saturated heterocycles. The van der Waals surface area contributed by atoms with Crippen molar-refractivity contribution in [2.24, 2.45) is 11.7 Å². The Labute approximate surface area is 136 Å². The zero-order valence-corrected chi connectivity index (χ0v) is 13.6. The van der Waals surface area contributed by atoms with E-state index in [0.717, 1.165) is 5.56 Å². The van der Waals surface area contributed by atoms with E-state index in [9.17, 15) is 14.4 Å². The molecule has 6 nitrogen and oxygen atoms in total. The van der Waals surface area contributed by atoms with Crippen molar-refractivity contribution in [3.63, 3.8) is 0 Å². The molecule has 0 unspecified atom stereocenters. The molecule has 23 heavy (non-hydrogen) atoms. The smallest absolute Gasteiger partial charge is 0.239 e. The number of amides is 2. The van der Waals surface area contributed by atoms with E-state index >= 15 is 0 Å². The summed E-state index contributed by atoms with van der Waals surface area (Å²) >= 11 is 0. The first-order valence-electron chi connectivity index (χ1n) is 7.74. The molecule has 0 bridgehead atoms. The van der Waals surface area contributed by atoms with Gasteiger partial charge in [-0.05, 0) is 24.3 Å². The number of rotatable bonds is 9. The summed E-state index contributed by atoms with van der Waals surface area (Å²) in [7, 11) is 0. The lowest BCUT2D eigenvalue weighted by Crippen LogP contribution is -2.47. The van der Waals surface area contributed by atoms with Crippen molar-refractivity contribution in [1.82, 2.24) is 10.6 Å². The quantitative estimate of drug-likeness (QED) is 0.574. The van der Waals surface area contributed by atoms with Crippen LogP contribution in [0.4, 0.5) is 0 Å². The SMILES string of the molecule is CC(C)C[C@H](C=O)NC(=O)CNC(=O)[C@H](N)Cc1ccccc1. The monoisotopic (exact) mass is 319 g/mol. The summed E-state index contributed by atoms with van der Waals surface area (Å²) in [5, 5.41) is 5.07. The first kappa shape index (κ1) is 18.8. The van der Waals surface area contributed by atoms with Gasteiger partial charge in [0.05, 0.1) is 18.6 Å². The van der Waals surface area contributed by atoms with Crippen LogP contribution in [0.2, 0.25) is 0 Å². The van der Waals surface area contributed by atoms with Crippen LogP contribution in [0.5, 0.6) is 0 Å². The molecule has 0 aliphatic carbocycles. The van der Waals surface area contributed by atoms with E-state index < -0.39 is 23.9 Å². The number of carbonyl (C=O) groups is 3. The number of aldehydes is 1. The zero-order chi connectivity index (χ0) is 17.2. The highest BCUT2D eigenvalue weighted by atomic mass is 16.2. The molecule has 4 N–H and O–H groups in total. The fourth-order valence-corrected chi connectivity index (χ4v) is 2.17. The summed E-state index contributed by atoms with van der Waals surface area (Å²) < 4.78 is 0. The molecule has 126 valence electrons. The molecular formula is C17H25N3O3. The first-order valence-corrected chi connectivity index (χ1v) is 7.74. The summed E-state index contributed by atoms with van der Waals surface area (Å²) in [6, 6.07) is 8.17. The molecule has 6 heteroatoms. The number of nitrogens with one attached hydrogen (secondary N) is 2. The molecule has 2 atom stereocenters. The van der Waals surface area contributed by atoms with Crippen molar-refractivity contribution in [1.29, 1.82) is 0 Å². The van der Waals surface area contributed by atoms with E-state index in [0.29, 0.717) is 25.0 Å². The molecule has 0 fully saturated rings. The molecule has 1 aromatic carbocycles. The Morgan fingerprint density at radius 2 is 1.87 bits per heavy atom. The molecule has 0 aliphatic rings. The van der Waals surface area contributed by atoms with E-state index in [-0.39, 0.29) is 6.54 Å². The van der Waals surface area contributed by atoms with Crippen LogP contribution in [-0.4, -0.2) is 36.7 Å². The van der Waals surface area contributed by atoms with E-state index in [1.54, 1.807) is 0 Å². The minimum Gasteiger partial charge on any atom is -0.346 e. The van der Waals surface area contributed by atoms with Crippen molar-refractivity contribution in [2.75, 3.05) is 6.54 Å². The number of nitrogens with two attached hydrogens (primary N) is 1. The zero-order valence-electron chi connectivity index (χ0n) is 13.6. The lowest BCUT2D eigenvalue weighted by molar-refractivity contribution is -0.127. The van der Waals surface area contributed by atoms with Gasteiger partial charge in [-0.25, -0.2) is 0 Å². The van der Waals surface area contributed by atoms with Gasteiger partial charge in [0, 0.05) is 0 Å². The topological polar surface area (TPSA) is 101 Å². The van der Waals surface area contributed by atoms with Crippen molar-refractivity contribution in [3.05, 3.63) is 35.9 Å². The maximum absolute atomic E-state index is 11.9. The summed E-state index contributed by atoms with van der Waals surface area (Å²) in [6.07, 6.45) is 1.68.